The molecule has 0 radical (unpaired) electrons. The Morgan fingerprint density at radius 2 is 0.921 bits per heavy atom. The monoisotopic (exact) mass is 510 g/mol. The van der Waals surface area contributed by atoms with Gasteiger partial charge in [0.2, 0.25) is 0 Å². The summed E-state index contributed by atoms with van der Waals surface area (Å²) < 4.78 is 0. The van der Waals surface area contributed by atoms with E-state index in [0.717, 1.165) is 37.3 Å². The first-order valence-corrected chi connectivity index (χ1v) is 12.4. The number of hydrogen-bond donors (Lipinski definition) is 6. The Morgan fingerprint density at radius 1 is 0.605 bits per heavy atom. The number of nitrogens with two attached hydrogens (primary N) is 2. The lowest BCUT2D eigenvalue weighted by Crippen LogP contribution is -2.51. The Bertz CT molecular complexity index is 1250. The van der Waals surface area contributed by atoms with E-state index in [1.54, 1.807) is 34.1 Å². The molecule has 10 heteroatoms. The minimum absolute atomic E-state index is 0.0932. The fraction of sp³-hybridized carbons (Fsp3) is 0.214. The van der Waals surface area contributed by atoms with Crippen molar-refractivity contribution in [2.45, 2.75) is 11.8 Å². The number of nitrogens with zero attached hydrogens (tertiary/aromatic N) is 2. The number of anilines is 2. The van der Waals surface area contributed by atoms with E-state index in [4.69, 9.17) is 22.3 Å². The van der Waals surface area contributed by atoms with E-state index >= 15 is 0 Å². The molecule has 2 heterocycles. The molecule has 3 aromatic rings. The SMILES string of the molecule is N=C(N)N1CC(c2ccc(NC(=O)c3ccc(C(=O)Nc4ccc(C5CN(C(=N)N)C5)cc4)cc3)cc2)C1. The summed E-state index contributed by atoms with van der Waals surface area (Å²) >= 11 is 0. The van der Waals surface area contributed by atoms with E-state index in [-0.39, 0.29) is 23.7 Å². The second-order valence-corrected chi connectivity index (χ2v) is 9.70. The second-order valence-electron chi connectivity index (χ2n) is 9.70. The zero-order valence-electron chi connectivity index (χ0n) is 20.8. The van der Waals surface area contributed by atoms with Gasteiger partial charge in [0.05, 0.1) is 0 Å². The molecular formula is C28H30N8O2. The number of guanidine groups is 2. The minimum Gasteiger partial charge on any atom is -0.370 e. The van der Waals surface area contributed by atoms with Crippen LogP contribution >= 0.6 is 0 Å². The average Bonchev–Trinajstić information content (AvgIpc) is 2.84. The number of rotatable bonds is 6. The molecule has 5 rings (SSSR count). The van der Waals surface area contributed by atoms with Crippen molar-refractivity contribution in [1.82, 2.24) is 9.80 Å². The van der Waals surface area contributed by atoms with Crippen molar-refractivity contribution in [1.29, 1.82) is 10.8 Å². The molecule has 194 valence electrons. The quantitative estimate of drug-likeness (QED) is 0.220. The first kappa shape index (κ1) is 24.8. The van der Waals surface area contributed by atoms with Crippen molar-refractivity contribution in [3.05, 3.63) is 95.1 Å². The van der Waals surface area contributed by atoms with Gasteiger partial charge in [-0.15, -0.1) is 0 Å². The zero-order valence-corrected chi connectivity index (χ0v) is 20.8. The Kier molecular flexibility index (Phi) is 6.69. The number of carbonyl (C=O) groups is 2. The van der Waals surface area contributed by atoms with E-state index in [2.05, 4.69) is 10.6 Å². The Morgan fingerprint density at radius 3 is 1.21 bits per heavy atom. The molecule has 0 spiro atoms. The van der Waals surface area contributed by atoms with Gasteiger partial charge >= 0.3 is 0 Å². The van der Waals surface area contributed by atoms with E-state index in [0.29, 0.717) is 34.3 Å². The van der Waals surface area contributed by atoms with Crippen LogP contribution in [0, 0.1) is 10.8 Å². The fourth-order valence-electron chi connectivity index (χ4n) is 4.63. The summed E-state index contributed by atoms with van der Waals surface area (Å²) in [7, 11) is 0. The van der Waals surface area contributed by atoms with E-state index in [9.17, 15) is 9.59 Å². The topological polar surface area (TPSA) is 164 Å². The smallest absolute Gasteiger partial charge is 0.255 e. The lowest BCUT2D eigenvalue weighted by atomic mass is 9.91. The molecule has 2 aliphatic heterocycles. The van der Waals surface area contributed by atoms with Crippen LogP contribution in [0.3, 0.4) is 0 Å². The van der Waals surface area contributed by atoms with Crippen LogP contribution in [0.25, 0.3) is 0 Å². The van der Waals surface area contributed by atoms with E-state index < -0.39 is 0 Å². The highest BCUT2D eigenvalue weighted by atomic mass is 16.2. The van der Waals surface area contributed by atoms with Crippen LogP contribution < -0.4 is 22.1 Å². The summed E-state index contributed by atoms with van der Waals surface area (Å²) in [4.78, 5) is 29.0. The summed E-state index contributed by atoms with van der Waals surface area (Å²) in [5.74, 6) is 0.340. The molecule has 38 heavy (non-hydrogen) atoms. The number of hydrogen-bond acceptors (Lipinski definition) is 4. The molecule has 8 N–H and O–H groups in total. The molecule has 0 saturated carbocycles. The molecule has 0 unspecified atom stereocenters. The third kappa shape index (κ3) is 5.29. The standard InChI is InChI=1S/C28H30N8O2/c29-27(30)35-13-21(14-35)17-5-9-23(10-6-17)33-25(37)19-1-2-20(4-3-19)26(38)34-24-11-7-18(8-12-24)22-15-36(16-22)28(31)32/h1-12,21-22H,13-16H2,(H3,29,30)(H3,31,32)(H,33,37)(H,34,38). The number of likely N-dealkylation sites (tertiary alicyclic amines) is 2. The number of amides is 2. The van der Waals surface area contributed by atoms with Gasteiger partial charge in [-0.3, -0.25) is 20.4 Å². The van der Waals surface area contributed by atoms with Crippen LogP contribution in [0.15, 0.2) is 72.8 Å². The molecule has 2 fully saturated rings. The van der Waals surface area contributed by atoms with Crippen molar-refractivity contribution >= 4 is 35.1 Å². The third-order valence-corrected chi connectivity index (χ3v) is 7.13. The van der Waals surface area contributed by atoms with Crippen molar-refractivity contribution in [2.24, 2.45) is 11.5 Å². The van der Waals surface area contributed by atoms with Gasteiger partial charge < -0.3 is 31.9 Å². The predicted octanol–water partition coefficient (Wildman–Crippen LogP) is 2.78. The highest BCUT2D eigenvalue weighted by Crippen LogP contribution is 2.28. The molecule has 2 aliphatic rings. The van der Waals surface area contributed by atoms with Gasteiger partial charge in [-0.2, -0.15) is 0 Å². The molecular weight excluding hydrogens is 480 g/mol. The zero-order chi connectivity index (χ0) is 26.8. The van der Waals surface area contributed by atoms with Gasteiger partial charge in [0.1, 0.15) is 0 Å². The normalized spacial score (nSPS) is 15.3. The summed E-state index contributed by atoms with van der Waals surface area (Å²) in [6.07, 6.45) is 0. The van der Waals surface area contributed by atoms with Crippen molar-refractivity contribution < 1.29 is 9.59 Å². The van der Waals surface area contributed by atoms with Crippen LogP contribution in [0.1, 0.15) is 43.7 Å². The number of benzene rings is 3. The Labute approximate surface area is 220 Å². The van der Waals surface area contributed by atoms with Crippen LogP contribution in [0.4, 0.5) is 11.4 Å². The van der Waals surface area contributed by atoms with Gasteiger partial charge in [0.25, 0.3) is 11.8 Å². The highest BCUT2D eigenvalue weighted by molar-refractivity contribution is 6.07. The molecule has 2 amide bonds. The maximum absolute atomic E-state index is 12.7. The minimum atomic E-state index is -0.258. The predicted molar refractivity (Wildman–Crippen MR) is 148 cm³/mol. The summed E-state index contributed by atoms with van der Waals surface area (Å²) in [6.45, 7) is 2.92. The molecule has 3 aromatic carbocycles. The molecule has 0 aromatic heterocycles. The van der Waals surface area contributed by atoms with Crippen molar-refractivity contribution in [3.8, 4) is 0 Å². The van der Waals surface area contributed by atoms with Crippen LogP contribution in [-0.4, -0.2) is 59.7 Å². The fourth-order valence-corrected chi connectivity index (χ4v) is 4.63. The molecule has 2 saturated heterocycles. The van der Waals surface area contributed by atoms with Crippen LogP contribution in [0.2, 0.25) is 0 Å². The molecule has 0 aliphatic carbocycles. The first-order valence-electron chi connectivity index (χ1n) is 12.4. The maximum Gasteiger partial charge on any atom is 0.255 e. The second kappa shape index (κ2) is 10.3. The lowest BCUT2D eigenvalue weighted by molar-refractivity contribution is 0.101. The van der Waals surface area contributed by atoms with Gasteiger partial charge in [0, 0.05) is 60.5 Å². The Balaban J connectivity index is 1.12. The van der Waals surface area contributed by atoms with Gasteiger partial charge in [0.15, 0.2) is 11.9 Å². The van der Waals surface area contributed by atoms with E-state index in [1.807, 2.05) is 48.5 Å². The van der Waals surface area contributed by atoms with Gasteiger partial charge in [-0.1, -0.05) is 24.3 Å². The van der Waals surface area contributed by atoms with Crippen molar-refractivity contribution in [3.63, 3.8) is 0 Å². The van der Waals surface area contributed by atoms with Gasteiger partial charge in [-0.05, 0) is 59.7 Å². The highest BCUT2D eigenvalue weighted by Gasteiger charge is 2.29. The van der Waals surface area contributed by atoms with Gasteiger partial charge in [-0.25, -0.2) is 0 Å². The lowest BCUT2D eigenvalue weighted by Gasteiger charge is -2.39. The first-order chi connectivity index (χ1) is 18.3. The van der Waals surface area contributed by atoms with Crippen LogP contribution in [-0.2, 0) is 0 Å². The largest absolute Gasteiger partial charge is 0.370 e. The third-order valence-electron chi connectivity index (χ3n) is 7.13. The Hall–Kier alpha value is -4.86. The summed E-state index contributed by atoms with van der Waals surface area (Å²) in [5, 5.41) is 20.7. The molecule has 0 atom stereocenters. The maximum atomic E-state index is 12.7. The molecule has 0 bridgehead atoms. The number of nitrogens with one attached hydrogen (secondary N) is 4. The summed E-state index contributed by atoms with van der Waals surface area (Å²) in [5.41, 5.74) is 15.5. The van der Waals surface area contributed by atoms with Crippen LogP contribution in [0.5, 0.6) is 0 Å². The van der Waals surface area contributed by atoms with E-state index in [1.165, 1.54) is 0 Å². The van der Waals surface area contributed by atoms with Crippen molar-refractivity contribution in [2.75, 3.05) is 36.8 Å². The number of carbonyl (C=O) groups excluding carboxylic acids is 2. The molecule has 10 nitrogen and oxygen atoms in total. The summed E-state index contributed by atoms with van der Waals surface area (Å²) in [6, 6.07) is 21.9. The average molecular weight is 511 g/mol.